The van der Waals surface area contributed by atoms with E-state index in [9.17, 15) is 9.59 Å². The van der Waals surface area contributed by atoms with E-state index in [1.54, 1.807) is 0 Å². The van der Waals surface area contributed by atoms with Crippen molar-refractivity contribution in [3.05, 3.63) is 29.5 Å². The average molecular weight is 414 g/mol. The van der Waals surface area contributed by atoms with Crippen LogP contribution in [0.1, 0.15) is 37.5 Å². The summed E-state index contributed by atoms with van der Waals surface area (Å²) >= 11 is 0. The van der Waals surface area contributed by atoms with Gasteiger partial charge in [0.25, 0.3) is 5.91 Å². The molecule has 0 bridgehead atoms. The molecule has 2 amide bonds. The number of nitrogens with zero attached hydrogens (tertiary/aromatic N) is 2. The van der Waals surface area contributed by atoms with Crippen molar-refractivity contribution in [3.8, 4) is 5.75 Å². The molecule has 0 atom stereocenters. The third kappa shape index (κ3) is 4.78. The van der Waals surface area contributed by atoms with Gasteiger partial charge in [-0.3, -0.25) is 14.5 Å². The molecule has 1 saturated heterocycles. The Morgan fingerprint density at radius 1 is 1.10 bits per heavy atom. The number of ether oxygens (including phenoxy) is 1. The lowest BCUT2D eigenvalue weighted by atomic mass is 9.96. The van der Waals surface area contributed by atoms with Crippen LogP contribution in [0.25, 0.3) is 11.0 Å². The van der Waals surface area contributed by atoms with Gasteiger partial charge in [0, 0.05) is 50.1 Å². The highest BCUT2D eigenvalue weighted by Gasteiger charge is 2.21. The molecular weight excluding hydrogens is 382 g/mol. The quantitative estimate of drug-likeness (QED) is 0.787. The third-order valence-electron chi connectivity index (χ3n) is 5.97. The predicted molar refractivity (Wildman–Crippen MR) is 115 cm³/mol. The van der Waals surface area contributed by atoms with Crippen molar-refractivity contribution >= 4 is 22.8 Å². The van der Waals surface area contributed by atoms with Crippen LogP contribution in [-0.4, -0.2) is 67.5 Å². The second-order valence-electron chi connectivity index (χ2n) is 8.12. The highest BCUT2D eigenvalue weighted by Crippen LogP contribution is 2.33. The van der Waals surface area contributed by atoms with E-state index < -0.39 is 0 Å². The summed E-state index contributed by atoms with van der Waals surface area (Å²) in [6, 6.07) is 5.83. The van der Waals surface area contributed by atoms with Crippen LogP contribution in [0.5, 0.6) is 5.75 Å². The molecule has 1 aromatic carbocycles. The summed E-state index contributed by atoms with van der Waals surface area (Å²) < 4.78 is 11.8. The number of carbonyl (C=O) groups is 2. The second kappa shape index (κ2) is 9.51. The molecule has 1 N–H and O–H groups in total. The van der Waals surface area contributed by atoms with Crippen molar-refractivity contribution in [2.75, 3.05) is 45.9 Å². The van der Waals surface area contributed by atoms with Crippen molar-refractivity contribution in [2.24, 2.45) is 0 Å². The number of rotatable bonds is 6. The topological polar surface area (TPSA) is 75.0 Å². The van der Waals surface area contributed by atoms with Crippen LogP contribution in [0, 0.1) is 0 Å². The normalized spacial score (nSPS) is 17.4. The largest absolute Gasteiger partial charge is 0.484 e. The second-order valence-corrected chi connectivity index (χ2v) is 8.12. The molecule has 0 saturated carbocycles. The number of fused-ring (bicyclic) bond motifs is 3. The number of nitrogens with one attached hydrogen (secondary N) is 1. The van der Waals surface area contributed by atoms with Gasteiger partial charge in [-0.25, -0.2) is 0 Å². The van der Waals surface area contributed by atoms with Crippen LogP contribution in [0.15, 0.2) is 22.6 Å². The number of hydrogen-bond acceptors (Lipinski definition) is 5. The van der Waals surface area contributed by atoms with E-state index in [-0.39, 0.29) is 18.4 Å². The van der Waals surface area contributed by atoms with Crippen molar-refractivity contribution in [2.45, 2.75) is 39.0 Å². The molecule has 1 aromatic heterocycles. The minimum absolute atomic E-state index is 0.0100. The lowest BCUT2D eigenvalue weighted by Crippen LogP contribution is -2.40. The van der Waals surface area contributed by atoms with E-state index in [2.05, 4.69) is 10.2 Å². The molecule has 30 heavy (non-hydrogen) atoms. The first-order valence-electron chi connectivity index (χ1n) is 11.1. The average Bonchev–Trinajstić information content (AvgIpc) is 2.95. The standard InChI is InChI=1S/C23H31N3O4/c1-2-24-22(27)15-25-10-5-11-26(13-12-25)23(28)16-29-17-8-9-21-19(14-17)18-6-3-4-7-20(18)30-21/h8-9,14H,2-7,10-13,15-16H2,1H3,(H,24,27). The van der Waals surface area contributed by atoms with Crippen molar-refractivity contribution in [1.82, 2.24) is 15.1 Å². The van der Waals surface area contributed by atoms with Crippen molar-refractivity contribution < 1.29 is 18.7 Å². The van der Waals surface area contributed by atoms with E-state index in [0.717, 1.165) is 42.5 Å². The molecule has 7 heteroatoms. The number of amides is 2. The Bertz CT molecular complexity index is 907. The molecule has 1 aliphatic heterocycles. The van der Waals surface area contributed by atoms with Crippen molar-refractivity contribution in [3.63, 3.8) is 0 Å². The van der Waals surface area contributed by atoms with Crippen LogP contribution in [0.3, 0.4) is 0 Å². The maximum absolute atomic E-state index is 12.7. The van der Waals surface area contributed by atoms with E-state index >= 15 is 0 Å². The lowest BCUT2D eigenvalue weighted by Gasteiger charge is -2.21. The molecular formula is C23H31N3O4. The summed E-state index contributed by atoms with van der Waals surface area (Å²) in [7, 11) is 0. The molecule has 0 spiro atoms. The zero-order valence-electron chi connectivity index (χ0n) is 17.7. The zero-order chi connectivity index (χ0) is 20.9. The first kappa shape index (κ1) is 20.7. The molecule has 2 aliphatic rings. The van der Waals surface area contributed by atoms with Gasteiger partial charge in [0.15, 0.2) is 6.61 Å². The summed E-state index contributed by atoms with van der Waals surface area (Å²) in [5.41, 5.74) is 2.20. The molecule has 4 rings (SSSR count). The highest BCUT2D eigenvalue weighted by atomic mass is 16.5. The fourth-order valence-corrected chi connectivity index (χ4v) is 4.40. The minimum atomic E-state index is -0.0100. The molecule has 0 radical (unpaired) electrons. The van der Waals surface area contributed by atoms with Crippen LogP contribution < -0.4 is 10.1 Å². The van der Waals surface area contributed by atoms with E-state index in [0.29, 0.717) is 38.5 Å². The van der Waals surface area contributed by atoms with Crippen LogP contribution in [0.4, 0.5) is 0 Å². The lowest BCUT2D eigenvalue weighted by molar-refractivity contribution is -0.133. The van der Waals surface area contributed by atoms with Crippen molar-refractivity contribution in [1.29, 1.82) is 0 Å². The summed E-state index contributed by atoms with van der Waals surface area (Å²) in [5, 5.41) is 3.94. The number of likely N-dealkylation sites (N-methyl/N-ethyl adjacent to an activating group) is 1. The molecule has 0 unspecified atom stereocenters. The van der Waals surface area contributed by atoms with E-state index in [1.807, 2.05) is 30.0 Å². The maximum atomic E-state index is 12.7. The number of aryl methyl sites for hydroxylation is 2. The SMILES string of the molecule is CCNC(=O)CN1CCCN(C(=O)COc2ccc3oc4c(c3c2)CCCC4)CC1. The fraction of sp³-hybridized carbons (Fsp3) is 0.565. The van der Waals surface area contributed by atoms with Gasteiger partial charge in [-0.05, 0) is 50.8 Å². The minimum Gasteiger partial charge on any atom is -0.484 e. The Labute approximate surface area is 177 Å². The summed E-state index contributed by atoms with van der Waals surface area (Å²) in [6.45, 7) is 5.82. The Balaban J connectivity index is 1.31. The molecule has 1 aliphatic carbocycles. The first-order valence-corrected chi connectivity index (χ1v) is 11.1. The van der Waals surface area contributed by atoms with Gasteiger partial charge >= 0.3 is 0 Å². The van der Waals surface area contributed by atoms with Crippen LogP contribution in [-0.2, 0) is 22.4 Å². The fourth-order valence-electron chi connectivity index (χ4n) is 4.40. The van der Waals surface area contributed by atoms with Gasteiger partial charge in [-0.15, -0.1) is 0 Å². The zero-order valence-corrected chi connectivity index (χ0v) is 17.7. The molecule has 1 fully saturated rings. The Hall–Kier alpha value is -2.54. The Morgan fingerprint density at radius 3 is 2.83 bits per heavy atom. The molecule has 7 nitrogen and oxygen atoms in total. The third-order valence-corrected chi connectivity index (χ3v) is 5.97. The van der Waals surface area contributed by atoms with Gasteiger partial charge in [0.1, 0.15) is 17.1 Å². The monoisotopic (exact) mass is 413 g/mol. The van der Waals surface area contributed by atoms with Crippen LogP contribution in [0.2, 0.25) is 0 Å². The smallest absolute Gasteiger partial charge is 0.260 e. The summed E-state index contributed by atoms with van der Waals surface area (Å²) in [6.07, 6.45) is 5.28. The molecule has 162 valence electrons. The number of hydrogen-bond donors (Lipinski definition) is 1. The van der Waals surface area contributed by atoms with Crippen LogP contribution >= 0.6 is 0 Å². The summed E-state index contributed by atoms with van der Waals surface area (Å²) in [5.74, 6) is 1.84. The number of carbonyl (C=O) groups excluding carboxylic acids is 2. The maximum Gasteiger partial charge on any atom is 0.260 e. The number of furan rings is 1. The predicted octanol–water partition coefficient (Wildman–Crippen LogP) is 2.36. The van der Waals surface area contributed by atoms with Gasteiger partial charge in [0.05, 0.1) is 6.54 Å². The highest BCUT2D eigenvalue weighted by molar-refractivity contribution is 5.84. The molecule has 2 heterocycles. The van der Waals surface area contributed by atoms with Gasteiger partial charge in [-0.1, -0.05) is 0 Å². The summed E-state index contributed by atoms with van der Waals surface area (Å²) in [4.78, 5) is 28.4. The Kier molecular flexibility index (Phi) is 6.57. The van der Waals surface area contributed by atoms with Gasteiger partial charge in [-0.2, -0.15) is 0 Å². The molecule has 2 aromatic rings. The van der Waals surface area contributed by atoms with Gasteiger partial charge in [0.2, 0.25) is 5.91 Å². The van der Waals surface area contributed by atoms with E-state index in [1.165, 1.54) is 18.4 Å². The van der Waals surface area contributed by atoms with Gasteiger partial charge < -0.3 is 19.4 Å². The Morgan fingerprint density at radius 2 is 1.97 bits per heavy atom. The first-order chi connectivity index (χ1) is 14.6. The number of benzene rings is 1. The van der Waals surface area contributed by atoms with E-state index in [4.69, 9.17) is 9.15 Å².